The molecule has 2 aliphatic heterocycles. The lowest BCUT2D eigenvalue weighted by Crippen LogP contribution is -2.43. The Morgan fingerprint density at radius 1 is 1.10 bits per heavy atom. The average molecular weight is 432 g/mol. The standard InChI is InChI=1S/C23H29NO3S2/c1-16-21(18-11-6-3-7-12-18)27-23(26)24(16)22(25)19(17-9-4-2-5-10-17)15-20-28-13-8-14-29-20/h3,6-7,11-12,15-17,19,21H,2,4-5,8-10,13-14H2,1H3/t16-,19-,21-/m1/s1. The van der Waals surface area contributed by atoms with Gasteiger partial charge in [-0.25, -0.2) is 9.69 Å². The quantitative estimate of drug-likeness (QED) is 0.585. The van der Waals surface area contributed by atoms with E-state index in [9.17, 15) is 9.59 Å². The largest absolute Gasteiger partial charge is 0.439 e. The Morgan fingerprint density at radius 2 is 1.79 bits per heavy atom. The van der Waals surface area contributed by atoms with Crippen molar-refractivity contribution in [2.75, 3.05) is 11.5 Å². The maximum Gasteiger partial charge on any atom is 0.417 e. The molecule has 3 fully saturated rings. The van der Waals surface area contributed by atoms with Crippen LogP contribution in [-0.4, -0.2) is 34.4 Å². The normalized spacial score (nSPS) is 26.9. The molecule has 2 amide bonds. The molecule has 156 valence electrons. The van der Waals surface area contributed by atoms with Crippen LogP contribution in [0.3, 0.4) is 0 Å². The molecule has 2 saturated heterocycles. The second-order valence-corrected chi connectivity index (χ2v) is 10.7. The third-order valence-corrected chi connectivity index (χ3v) is 8.71. The predicted octanol–water partition coefficient (Wildman–Crippen LogP) is 6.00. The predicted molar refractivity (Wildman–Crippen MR) is 120 cm³/mol. The van der Waals surface area contributed by atoms with Crippen LogP contribution in [0.5, 0.6) is 0 Å². The molecule has 1 aromatic rings. The van der Waals surface area contributed by atoms with Gasteiger partial charge in [0.25, 0.3) is 0 Å². The molecule has 29 heavy (non-hydrogen) atoms. The lowest BCUT2D eigenvalue weighted by atomic mass is 9.79. The Balaban J connectivity index is 1.58. The van der Waals surface area contributed by atoms with E-state index in [4.69, 9.17) is 4.74 Å². The van der Waals surface area contributed by atoms with Crippen LogP contribution in [-0.2, 0) is 9.53 Å². The minimum atomic E-state index is -0.500. The number of nitrogens with zero attached hydrogens (tertiary/aromatic N) is 1. The molecular weight excluding hydrogens is 402 g/mol. The molecule has 0 N–H and O–H groups in total. The van der Waals surface area contributed by atoms with Crippen LogP contribution in [0.4, 0.5) is 4.79 Å². The number of rotatable bonds is 4. The van der Waals surface area contributed by atoms with E-state index >= 15 is 0 Å². The molecule has 3 atom stereocenters. The highest BCUT2D eigenvalue weighted by molar-refractivity contribution is 8.22. The summed E-state index contributed by atoms with van der Waals surface area (Å²) in [6.07, 6.45) is 8.20. The number of imide groups is 1. The lowest BCUT2D eigenvalue weighted by Gasteiger charge is -2.31. The highest BCUT2D eigenvalue weighted by Gasteiger charge is 2.46. The van der Waals surface area contributed by atoms with Crippen LogP contribution in [0.15, 0.2) is 40.6 Å². The number of amides is 2. The molecule has 0 bridgehead atoms. The zero-order valence-corrected chi connectivity index (χ0v) is 18.6. The Hall–Kier alpha value is -1.40. The van der Waals surface area contributed by atoms with Gasteiger partial charge in [0.15, 0.2) is 0 Å². The van der Waals surface area contributed by atoms with Gasteiger partial charge in [0.1, 0.15) is 6.10 Å². The molecule has 6 heteroatoms. The monoisotopic (exact) mass is 431 g/mol. The van der Waals surface area contributed by atoms with Crippen LogP contribution in [0.2, 0.25) is 0 Å². The first-order valence-corrected chi connectivity index (χ1v) is 12.7. The van der Waals surface area contributed by atoms with Crippen molar-refractivity contribution in [2.24, 2.45) is 11.8 Å². The van der Waals surface area contributed by atoms with Gasteiger partial charge in [-0.1, -0.05) is 55.7 Å². The Labute approximate surface area is 181 Å². The Morgan fingerprint density at radius 3 is 2.48 bits per heavy atom. The summed E-state index contributed by atoms with van der Waals surface area (Å²) in [7, 11) is 0. The van der Waals surface area contributed by atoms with E-state index < -0.39 is 12.2 Å². The molecule has 1 aliphatic carbocycles. The van der Waals surface area contributed by atoms with E-state index in [-0.39, 0.29) is 17.9 Å². The van der Waals surface area contributed by atoms with E-state index in [1.165, 1.54) is 34.8 Å². The summed E-state index contributed by atoms with van der Waals surface area (Å²) in [6, 6.07) is 9.43. The summed E-state index contributed by atoms with van der Waals surface area (Å²) in [4.78, 5) is 27.8. The van der Waals surface area contributed by atoms with Crippen molar-refractivity contribution in [1.82, 2.24) is 4.90 Å². The highest BCUT2D eigenvalue weighted by atomic mass is 32.2. The maximum atomic E-state index is 13.7. The molecule has 2 heterocycles. The van der Waals surface area contributed by atoms with Crippen molar-refractivity contribution in [1.29, 1.82) is 0 Å². The summed E-state index contributed by atoms with van der Waals surface area (Å²) >= 11 is 3.70. The smallest absolute Gasteiger partial charge is 0.417 e. The number of hydrogen-bond acceptors (Lipinski definition) is 5. The van der Waals surface area contributed by atoms with Crippen LogP contribution < -0.4 is 0 Å². The van der Waals surface area contributed by atoms with Crippen molar-refractivity contribution in [3.63, 3.8) is 0 Å². The third-order valence-electron chi connectivity index (χ3n) is 6.17. The van der Waals surface area contributed by atoms with Crippen LogP contribution in [0.1, 0.15) is 57.1 Å². The first kappa shape index (κ1) is 20.9. The molecular formula is C23H29NO3S2. The Kier molecular flexibility index (Phi) is 6.91. The zero-order valence-electron chi connectivity index (χ0n) is 16.9. The van der Waals surface area contributed by atoms with E-state index in [2.05, 4.69) is 6.08 Å². The third kappa shape index (κ3) is 4.69. The average Bonchev–Trinajstić information content (AvgIpc) is 3.07. The topological polar surface area (TPSA) is 46.6 Å². The van der Waals surface area contributed by atoms with Gasteiger partial charge in [-0.15, -0.1) is 23.5 Å². The Bertz CT molecular complexity index is 753. The number of cyclic esters (lactones) is 1. The second-order valence-electron chi connectivity index (χ2n) is 8.12. The number of thioether (sulfide) groups is 2. The number of hydrogen-bond donors (Lipinski definition) is 0. The fourth-order valence-electron chi connectivity index (χ4n) is 4.60. The van der Waals surface area contributed by atoms with Gasteiger partial charge >= 0.3 is 6.09 Å². The summed E-state index contributed by atoms with van der Waals surface area (Å²) in [6.45, 7) is 1.93. The fraction of sp³-hybridized carbons (Fsp3) is 0.565. The first-order valence-electron chi connectivity index (χ1n) is 10.7. The lowest BCUT2D eigenvalue weighted by molar-refractivity contribution is -0.133. The van der Waals surface area contributed by atoms with Crippen LogP contribution >= 0.6 is 23.5 Å². The van der Waals surface area contributed by atoms with Crippen molar-refractivity contribution in [3.05, 3.63) is 46.2 Å². The molecule has 1 aromatic carbocycles. The van der Waals surface area contributed by atoms with Gasteiger partial charge in [-0.2, -0.15) is 0 Å². The van der Waals surface area contributed by atoms with Crippen molar-refractivity contribution < 1.29 is 14.3 Å². The van der Waals surface area contributed by atoms with Crippen molar-refractivity contribution in [2.45, 2.75) is 57.6 Å². The number of carbonyl (C=O) groups excluding carboxylic acids is 2. The minimum Gasteiger partial charge on any atom is -0.439 e. The molecule has 0 unspecified atom stereocenters. The summed E-state index contributed by atoms with van der Waals surface area (Å²) < 4.78 is 6.91. The van der Waals surface area contributed by atoms with E-state index in [0.717, 1.165) is 29.9 Å². The van der Waals surface area contributed by atoms with Gasteiger partial charge in [0, 0.05) is 4.24 Å². The van der Waals surface area contributed by atoms with E-state index in [0.29, 0.717) is 5.92 Å². The molecule has 0 spiro atoms. The summed E-state index contributed by atoms with van der Waals surface area (Å²) in [5, 5.41) is 0. The minimum absolute atomic E-state index is 0.0768. The first-order chi connectivity index (χ1) is 14.1. The molecule has 3 aliphatic rings. The number of benzene rings is 1. The van der Waals surface area contributed by atoms with Crippen LogP contribution in [0.25, 0.3) is 0 Å². The molecule has 0 radical (unpaired) electrons. The van der Waals surface area contributed by atoms with Gasteiger partial charge < -0.3 is 4.74 Å². The second kappa shape index (κ2) is 9.61. The highest BCUT2D eigenvalue weighted by Crippen LogP contribution is 2.41. The summed E-state index contributed by atoms with van der Waals surface area (Å²) in [5.74, 6) is 2.24. The van der Waals surface area contributed by atoms with E-state index in [1.54, 1.807) is 0 Å². The molecule has 4 rings (SSSR count). The van der Waals surface area contributed by atoms with Gasteiger partial charge in [-0.3, -0.25) is 4.79 Å². The van der Waals surface area contributed by atoms with E-state index in [1.807, 2.05) is 60.8 Å². The van der Waals surface area contributed by atoms with Crippen molar-refractivity contribution >= 4 is 35.5 Å². The van der Waals surface area contributed by atoms with Gasteiger partial charge in [-0.05, 0) is 49.2 Å². The number of ether oxygens (including phenoxy) is 1. The molecule has 1 saturated carbocycles. The maximum absolute atomic E-state index is 13.7. The summed E-state index contributed by atoms with van der Waals surface area (Å²) in [5.41, 5.74) is 0.939. The molecule has 4 nitrogen and oxygen atoms in total. The number of carbonyl (C=O) groups is 2. The van der Waals surface area contributed by atoms with Gasteiger partial charge in [0.05, 0.1) is 12.0 Å². The van der Waals surface area contributed by atoms with Crippen molar-refractivity contribution in [3.8, 4) is 0 Å². The fourth-order valence-corrected chi connectivity index (χ4v) is 7.08. The van der Waals surface area contributed by atoms with Crippen LogP contribution in [0, 0.1) is 11.8 Å². The molecule has 0 aromatic heterocycles. The SMILES string of the molecule is C[C@@H]1[C@H](c2ccccc2)OC(=O)N1C(=O)[C@H](C=C1SCCCS1)C1CCCCC1. The zero-order chi connectivity index (χ0) is 20.2. The van der Waals surface area contributed by atoms with Gasteiger partial charge in [0.2, 0.25) is 5.91 Å².